The molecule has 3 aromatic rings. The lowest BCUT2D eigenvalue weighted by molar-refractivity contribution is -0.137. The second-order valence-electron chi connectivity index (χ2n) is 11.4. The first kappa shape index (κ1) is 29.9. The molecular formula is C30H41Cl2N7O2. The summed E-state index contributed by atoms with van der Waals surface area (Å²) >= 11 is 6.41. The number of piperidine rings is 1. The Bertz CT molecular complexity index is 1310. The van der Waals surface area contributed by atoms with E-state index in [-0.39, 0.29) is 23.6 Å². The van der Waals surface area contributed by atoms with Crippen molar-refractivity contribution in [3.8, 4) is 5.75 Å². The molecule has 3 fully saturated rings. The Morgan fingerprint density at radius 2 is 1.76 bits per heavy atom. The number of rotatable bonds is 7. The van der Waals surface area contributed by atoms with Gasteiger partial charge in [0.2, 0.25) is 11.2 Å². The zero-order valence-electron chi connectivity index (χ0n) is 23.9. The number of ether oxygens (including phenoxy) is 1. The number of likely N-dealkylation sites (tertiary alicyclic amines) is 1. The minimum absolute atomic E-state index is 0. The van der Waals surface area contributed by atoms with Crippen LogP contribution in [-0.2, 0) is 11.3 Å². The van der Waals surface area contributed by atoms with Crippen molar-refractivity contribution in [1.82, 2.24) is 29.5 Å². The van der Waals surface area contributed by atoms with Crippen LogP contribution in [0.1, 0.15) is 57.4 Å². The largest absolute Gasteiger partial charge is 0.494 e. The number of carbonyl (C=O) groups is 1. The molecule has 2 aromatic heterocycles. The molecule has 222 valence electrons. The first-order valence-electron chi connectivity index (χ1n) is 15.0. The highest BCUT2D eigenvalue weighted by atomic mass is 35.5. The van der Waals surface area contributed by atoms with Crippen molar-refractivity contribution < 1.29 is 9.53 Å². The maximum atomic E-state index is 13.4. The van der Waals surface area contributed by atoms with E-state index in [0.29, 0.717) is 43.8 Å². The molecule has 0 spiro atoms. The monoisotopic (exact) mass is 601 g/mol. The van der Waals surface area contributed by atoms with Gasteiger partial charge < -0.3 is 19.4 Å². The number of hydrogen-bond donors (Lipinski definition) is 0. The van der Waals surface area contributed by atoms with Gasteiger partial charge >= 0.3 is 0 Å². The van der Waals surface area contributed by atoms with Crippen molar-refractivity contribution in [2.24, 2.45) is 5.92 Å². The SMILES string of the molecule is CCOc1cccc(Cn2ncc3c(N4CCN(C(=O)C5CCC(N6CCCCC6)CC5)CC4)nc(Cl)nc32)c1.Cl. The van der Waals surface area contributed by atoms with Gasteiger partial charge in [0.1, 0.15) is 11.6 Å². The van der Waals surface area contributed by atoms with Gasteiger partial charge in [-0.1, -0.05) is 18.6 Å². The quantitative estimate of drug-likeness (QED) is 0.351. The van der Waals surface area contributed by atoms with Gasteiger partial charge in [-0.05, 0) is 87.8 Å². The maximum Gasteiger partial charge on any atom is 0.226 e. The average molecular weight is 603 g/mol. The lowest BCUT2D eigenvalue weighted by Gasteiger charge is -2.41. The zero-order valence-corrected chi connectivity index (χ0v) is 25.5. The standard InChI is InChI=1S/C30H40ClN7O2.ClH/c1-2-40-25-8-6-7-22(19-25)21-38-28-26(20-32-38)27(33-30(31)34-28)36-15-17-37(18-16-36)29(39)23-9-11-24(12-10-23)35-13-4-3-5-14-35;/h6-8,19-20,23-24H,2-5,9-18,21H2,1H3;1H. The van der Waals surface area contributed by atoms with Gasteiger partial charge in [-0.2, -0.15) is 15.1 Å². The van der Waals surface area contributed by atoms with Gasteiger partial charge in [0, 0.05) is 38.1 Å². The van der Waals surface area contributed by atoms with Crippen molar-refractivity contribution in [2.45, 2.75) is 64.5 Å². The third-order valence-electron chi connectivity index (χ3n) is 8.83. The van der Waals surface area contributed by atoms with Crippen LogP contribution in [0, 0.1) is 5.92 Å². The summed E-state index contributed by atoms with van der Waals surface area (Å²) in [7, 11) is 0. The van der Waals surface area contributed by atoms with Crippen molar-refractivity contribution in [3.63, 3.8) is 0 Å². The van der Waals surface area contributed by atoms with Crippen LogP contribution in [0.5, 0.6) is 5.75 Å². The summed E-state index contributed by atoms with van der Waals surface area (Å²) in [5.41, 5.74) is 1.78. The number of hydrogen-bond acceptors (Lipinski definition) is 7. The van der Waals surface area contributed by atoms with E-state index in [0.717, 1.165) is 61.3 Å². The molecule has 1 saturated carbocycles. The number of amides is 1. The molecule has 0 bridgehead atoms. The normalized spacial score (nSPS) is 22.0. The van der Waals surface area contributed by atoms with E-state index >= 15 is 0 Å². The summed E-state index contributed by atoms with van der Waals surface area (Å²) in [6, 6.07) is 8.70. The Morgan fingerprint density at radius 3 is 2.49 bits per heavy atom. The molecule has 0 unspecified atom stereocenters. The van der Waals surface area contributed by atoms with Crippen molar-refractivity contribution >= 4 is 46.8 Å². The minimum atomic E-state index is 0. The van der Waals surface area contributed by atoms with Crippen LogP contribution in [0.25, 0.3) is 11.0 Å². The fourth-order valence-corrected chi connectivity index (χ4v) is 6.87. The number of piperazine rings is 1. The highest BCUT2D eigenvalue weighted by Crippen LogP contribution is 2.32. The Morgan fingerprint density at radius 1 is 1.00 bits per heavy atom. The number of fused-ring (bicyclic) bond motifs is 1. The number of anilines is 1. The summed E-state index contributed by atoms with van der Waals surface area (Å²) in [5.74, 6) is 2.14. The fourth-order valence-electron chi connectivity index (χ4n) is 6.71. The number of carbonyl (C=O) groups excluding carboxylic acids is 1. The molecule has 3 aliphatic rings. The number of aromatic nitrogens is 4. The first-order valence-corrected chi connectivity index (χ1v) is 15.4. The second kappa shape index (κ2) is 13.6. The van der Waals surface area contributed by atoms with Crippen molar-refractivity contribution in [3.05, 3.63) is 41.3 Å². The summed E-state index contributed by atoms with van der Waals surface area (Å²) in [4.78, 5) is 29.5. The summed E-state index contributed by atoms with van der Waals surface area (Å²) in [5, 5.41) is 5.71. The lowest BCUT2D eigenvalue weighted by atomic mass is 9.83. The molecule has 2 saturated heterocycles. The maximum absolute atomic E-state index is 13.4. The van der Waals surface area contributed by atoms with Gasteiger partial charge in [0.25, 0.3) is 0 Å². The van der Waals surface area contributed by atoms with Crippen molar-refractivity contribution in [2.75, 3.05) is 50.8 Å². The minimum Gasteiger partial charge on any atom is -0.494 e. The summed E-state index contributed by atoms with van der Waals surface area (Å²) in [6.45, 7) is 8.48. The highest BCUT2D eigenvalue weighted by molar-refractivity contribution is 6.28. The molecule has 6 rings (SSSR count). The second-order valence-corrected chi connectivity index (χ2v) is 11.7. The number of halogens is 2. The van der Waals surface area contributed by atoms with Gasteiger partial charge in [-0.25, -0.2) is 4.68 Å². The molecule has 0 radical (unpaired) electrons. The van der Waals surface area contributed by atoms with Gasteiger partial charge in [0.15, 0.2) is 5.65 Å². The Labute approximate surface area is 253 Å². The van der Waals surface area contributed by atoms with E-state index in [9.17, 15) is 4.79 Å². The van der Waals surface area contributed by atoms with E-state index in [4.69, 9.17) is 16.3 Å². The van der Waals surface area contributed by atoms with Crippen LogP contribution in [0.2, 0.25) is 5.28 Å². The van der Waals surface area contributed by atoms with Crippen LogP contribution in [0.15, 0.2) is 30.5 Å². The van der Waals surface area contributed by atoms with Crippen LogP contribution < -0.4 is 9.64 Å². The topological polar surface area (TPSA) is 79.6 Å². The molecular weight excluding hydrogens is 561 g/mol. The summed E-state index contributed by atoms with van der Waals surface area (Å²) < 4.78 is 7.51. The molecule has 1 amide bonds. The van der Waals surface area contributed by atoms with E-state index in [1.54, 1.807) is 0 Å². The van der Waals surface area contributed by atoms with Crippen LogP contribution in [0.3, 0.4) is 0 Å². The lowest BCUT2D eigenvalue weighted by Crippen LogP contribution is -2.51. The predicted molar refractivity (Wildman–Crippen MR) is 164 cm³/mol. The van der Waals surface area contributed by atoms with Crippen LogP contribution in [-0.4, -0.2) is 87.4 Å². The molecule has 1 aliphatic carbocycles. The first-order chi connectivity index (χ1) is 19.6. The Kier molecular flexibility index (Phi) is 9.88. The van der Waals surface area contributed by atoms with Crippen molar-refractivity contribution in [1.29, 1.82) is 0 Å². The van der Waals surface area contributed by atoms with Gasteiger partial charge in [-0.3, -0.25) is 4.79 Å². The Hall–Kier alpha value is -2.62. The molecule has 1 aromatic carbocycles. The van der Waals surface area contributed by atoms with E-state index in [1.807, 2.05) is 36.0 Å². The molecule has 11 heteroatoms. The smallest absolute Gasteiger partial charge is 0.226 e. The molecule has 0 N–H and O–H groups in total. The molecule has 9 nitrogen and oxygen atoms in total. The third kappa shape index (κ3) is 6.73. The van der Waals surface area contributed by atoms with E-state index < -0.39 is 0 Å². The third-order valence-corrected chi connectivity index (χ3v) is 9.00. The average Bonchev–Trinajstić information content (AvgIpc) is 3.39. The molecule has 0 atom stereocenters. The zero-order chi connectivity index (χ0) is 27.5. The Balaban J connectivity index is 0.00000337. The molecule has 2 aliphatic heterocycles. The van der Waals surface area contributed by atoms with E-state index in [1.165, 1.54) is 32.4 Å². The molecule has 4 heterocycles. The summed E-state index contributed by atoms with van der Waals surface area (Å²) in [6.07, 6.45) is 10.2. The fraction of sp³-hybridized carbons (Fsp3) is 0.600. The predicted octanol–water partition coefficient (Wildman–Crippen LogP) is 5.04. The van der Waals surface area contributed by atoms with Gasteiger partial charge in [0.05, 0.1) is 24.7 Å². The van der Waals surface area contributed by atoms with E-state index in [2.05, 4.69) is 35.8 Å². The number of benzene rings is 1. The van der Waals surface area contributed by atoms with Crippen LogP contribution >= 0.6 is 24.0 Å². The highest BCUT2D eigenvalue weighted by Gasteiger charge is 2.33. The van der Waals surface area contributed by atoms with Gasteiger partial charge in [-0.15, -0.1) is 12.4 Å². The van der Waals surface area contributed by atoms with Crippen LogP contribution in [0.4, 0.5) is 5.82 Å². The number of nitrogens with zero attached hydrogens (tertiary/aromatic N) is 7. The molecule has 41 heavy (non-hydrogen) atoms.